The highest BCUT2D eigenvalue weighted by atomic mass is 31.2. The molecule has 1 aromatic carbocycles. The number of phosphoric ester groups is 1. The standard InChI is InChI=1S/C30H51N4O6P/c1-5-6-7-8-9-10-11-12-13-14-15-16-20-23-29(40-30(35)27-21-18-17-19-22-27)28(32-33-31)26-39-41(36,37)38-25-24-34(2,3)4/h17-23,28-29H,5-16,24-26H2,1-4H3/p+1/b23-20+/t28-,29+/m0/s1. The SMILES string of the molecule is CCCCCCCCCCCCC/C=C/[C@@H](OC(=O)c1ccccc1)[C@H](COP(=O)(O)OCC[N+](C)(C)C)N=[N+]=[N-]. The number of unbranched alkanes of at least 4 members (excludes halogenated alkanes) is 11. The van der Waals surface area contributed by atoms with E-state index in [1.807, 2.05) is 27.2 Å². The van der Waals surface area contributed by atoms with Crippen LogP contribution < -0.4 is 0 Å². The van der Waals surface area contributed by atoms with Crippen molar-refractivity contribution in [3.05, 3.63) is 58.5 Å². The summed E-state index contributed by atoms with van der Waals surface area (Å²) in [5.74, 6) is -0.598. The number of likely N-dealkylation sites (N-methyl/N-ethyl adjacent to an activating group) is 1. The smallest absolute Gasteiger partial charge is 0.454 e. The van der Waals surface area contributed by atoms with E-state index < -0.39 is 32.5 Å². The third-order valence-corrected chi connectivity index (χ3v) is 7.54. The molecule has 0 aliphatic heterocycles. The number of carbonyl (C=O) groups is 1. The second-order valence-corrected chi connectivity index (χ2v) is 12.8. The van der Waals surface area contributed by atoms with Crippen LogP contribution in [0.1, 0.15) is 94.3 Å². The van der Waals surface area contributed by atoms with Crippen LogP contribution in [0.5, 0.6) is 0 Å². The maximum Gasteiger partial charge on any atom is 0.472 e. The third kappa shape index (κ3) is 19.5. The van der Waals surface area contributed by atoms with Crippen molar-refractivity contribution in [2.45, 2.75) is 96.1 Å². The molecule has 3 atom stereocenters. The monoisotopic (exact) mass is 595 g/mol. The third-order valence-electron chi connectivity index (χ3n) is 6.56. The molecular weight excluding hydrogens is 543 g/mol. The molecule has 1 rings (SSSR count). The highest BCUT2D eigenvalue weighted by molar-refractivity contribution is 7.47. The Kier molecular flexibility index (Phi) is 19.3. The Balaban J connectivity index is 2.67. The van der Waals surface area contributed by atoms with E-state index in [0.717, 1.165) is 19.3 Å². The van der Waals surface area contributed by atoms with Crippen LogP contribution in [0.4, 0.5) is 0 Å². The Labute approximate surface area is 246 Å². The molecule has 0 heterocycles. The number of hydrogen-bond acceptors (Lipinski definition) is 6. The van der Waals surface area contributed by atoms with Crippen molar-refractivity contribution in [1.29, 1.82) is 0 Å². The zero-order valence-electron chi connectivity index (χ0n) is 25.5. The second kappa shape index (κ2) is 21.5. The van der Waals surface area contributed by atoms with Gasteiger partial charge in [-0.2, -0.15) is 0 Å². The summed E-state index contributed by atoms with van der Waals surface area (Å²) in [5, 5.41) is 3.71. The van der Waals surface area contributed by atoms with Crippen molar-refractivity contribution in [1.82, 2.24) is 0 Å². The van der Waals surface area contributed by atoms with Gasteiger partial charge in [-0.1, -0.05) is 101 Å². The van der Waals surface area contributed by atoms with E-state index in [9.17, 15) is 14.3 Å². The number of phosphoric acid groups is 1. The first-order valence-electron chi connectivity index (χ1n) is 15.0. The summed E-state index contributed by atoms with van der Waals surface area (Å²) in [5.41, 5.74) is 9.50. The summed E-state index contributed by atoms with van der Waals surface area (Å²) < 4.78 is 28.8. The molecule has 0 bridgehead atoms. The van der Waals surface area contributed by atoms with Crippen LogP contribution in [0, 0.1) is 0 Å². The highest BCUT2D eigenvalue weighted by Crippen LogP contribution is 2.43. The van der Waals surface area contributed by atoms with Gasteiger partial charge in [0.15, 0.2) is 0 Å². The van der Waals surface area contributed by atoms with Crippen molar-refractivity contribution < 1.29 is 32.5 Å². The van der Waals surface area contributed by atoms with Gasteiger partial charge in [-0.25, -0.2) is 9.36 Å². The first kappa shape index (κ1) is 36.8. The lowest BCUT2D eigenvalue weighted by atomic mass is 10.0. The molecule has 0 saturated heterocycles. The first-order valence-corrected chi connectivity index (χ1v) is 16.5. The van der Waals surface area contributed by atoms with E-state index in [4.69, 9.17) is 19.3 Å². The zero-order valence-corrected chi connectivity index (χ0v) is 26.4. The number of nitrogens with zero attached hydrogens (tertiary/aromatic N) is 4. The van der Waals surface area contributed by atoms with Gasteiger partial charge in [-0.15, -0.1) is 0 Å². The maximum atomic E-state index is 12.8. The molecule has 0 aliphatic carbocycles. The molecule has 0 aliphatic rings. The predicted molar refractivity (Wildman–Crippen MR) is 163 cm³/mol. The summed E-state index contributed by atoms with van der Waals surface area (Å²) >= 11 is 0. The molecule has 1 aromatic rings. The van der Waals surface area contributed by atoms with E-state index in [1.54, 1.807) is 36.4 Å². The number of carbonyl (C=O) groups excluding carboxylic acids is 1. The molecule has 41 heavy (non-hydrogen) atoms. The Morgan fingerprint density at radius 3 is 2.15 bits per heavy atom. The van der Waals surface area contributed by atoms with E-state index in [2.05, 4.69) is 16.9 Å². The molecule has 232 valence electrons. The average molecular weight is 596 g/mol. The van der Waals surface area contributed by atoms with Crippen molar-refractivity contribution in [3.63, 3.8) is 0 Å². The van der Waals surface area contributed by atoms with Crippen LogP contribution in [0.3, 0.4) is 0 Å². The zero-order chi connectivity index (χ0) is 30.4. The van der Waals surface area contributed by atoms with Crippen molar-refractivity contribution >= 4 is 13.8 Å². The number of azide groups is 1. The number of allylic oxidation sites excluding steroid dienone is 1. The summed E-state index contributed by atoms with van der Waals surface area (Å²) in [6.07, 6.45) is 17.1. The molecule has 1 unspecified atom stereocenters. The predicted octanol–water partition coefficient (Wildman–Crippen LogP) is 7.99. The van der Waals surface area contributed by atoms with Gasteiger partial charge in [0.25, 0.3) is 0 Å². The first-order chi connectivity index (χ1) is 19.6. The lowest BCUT2D eigenvalue weighted by Crippen LogP contribution is -2.37. The van der Waals surface area contributed by atoms with Crippen LogP contribution in [-0.2, 0) is 18.3 Å². The molecule has 11 heteroatoms. The molecule has 1 N–H and O–H groups in total. The van der Waals surface area contributed by atoms with Gasteiger partial charge in [0.1, 0.15) is 25.3 Å². The normalized spacial score (nSPS) is 14.8. The van der Waals surface area contributed by atoms with Crippen LogP contribution in [0.15, 0.2) is 47.6 Å². The Bertz CT molecular complexity index is 963. The molecule has 0 amide bonds. The number of hydrogen-bond donors (Lipinski definition) is 1. The largest absolute Gasteiger partial charge is 0.472 e. The molecule has 0 fully saturated rings. The minimum atomic E-state index is -4.41. The Morgan fingerprint density at radius 2 is 1.59 bits per heavy atom. The fraction of sp³-hybridized carbons (Fsp3) is 0.700. The number of esters is 1. The van der Waals surface area contributed by atoms with Gasteiger partial charge in [-0.05, 0) is 36.6 Å². The molecule has 0 spiro atoms. The lowest BCUT2D eigenvalue weighted by Gasteiger charge is -2.25. The Morgan fingerprint density at radius 1 is 1.00 bits per heavy atom. The maximum absolute atomic E-state index is 12.8. The summed E-state index contributed by atoms with van der Waals surface area (Å²) in [6.45, 7) is 2.28. The van der Waals surface area contributed by atoms with Gasteiger partial charge >= 0.3 is 13.8 Å². The number of rotatable bonds is 24. The molecule has 0 saturated carbocycles. The minimum Gasteiger partial charge on any atom is -0.454 e. The number of benzene rings is 1. The topological polar surface area (TPSA) is 131 Å². The van der Waals surface area contributed by atoms with Gasteiger partial charge in [-0.3, -0.25) is 9.05 Å². The van der Waals surface area contributed by atoms with Crippen LogP contribution in [0.2, 0.25) is 0 Å². The Hall–Kier alpha value is -2.19. The van der Waals surface area contributed by atoms with Crippen molar-refractivity contribution in [3.8, 4) is 0 Å². The van der Waals surface area contributed by atoms with E-state index in [-0.39, 0.29) is 6.61 Å². The van der Waals surface area contributed by atoms with Crippen molar-refractivity contribution in [2.24, 2.45) is 5.11 Å². The van der Waals surface area contributed by atoms with Gasteiger partial charge < -0.3 is 14.1 Å². The summed E-state index contributed by atoms with van der Waals surface area (Å²) in [7, 11) is 1.38. The second-order valence-electron chi connectivity index (χ2n) is 11.4. The van der Waals surface area contributed by atoms with Crippen molar-refractivity contribution in [2.75, 3.05) is 40.9 Å². The lowest BCUT2D eigenvalue weighted by molar-refractivity contribution is -0.870. The molecular formula is C30H52N4O6P+. The highest BCUT2D eigenvalue weighted by Gasteiger charge is 2.29. The minimum absolute atomic E-state index is 0.00868. The van der Waals surface area contributed by atoms with Gasteiger partial charge in [0.05, 0.1) is 33.3 Å². The quantitative estimate of drug-likeness (QED) is 0.0188. The van der Waals surface area contributed by atoms with Crippen LogP contribution in [0.25, 0.3) is 10.4 Å². The van der Waals surface area contributed by atoms with E-state index >= 15 is 0 Å². The fourth-order valence-electron chi connectivity index (χ4n) is 4.07. The van der Waals surface area contributed by atoms with Gasteiger partial charge in [0.2, 0.25) is 0 Å². The number of ether oxygens (including phenoxy) is 1. The number of quaternary nitrogens is 1. The van der Waals surface area contributed by atoms with Crippen LogP contribution >= 0.6 is 7.82 Å². The summed E-state index contributed by atoms with van der Waals surface area (Å²) in [6, 6.07) is 7.40. The molecule has 0 radical (unpaired) electrons. The van der Waals surface area contributed by atoms with E-state index in [0.29, 0.717) is 16.6 Å². The van der Waals surface area contributed by atoms with E-state index in [1.165, 1.54) is 57.8 Å². The fourth-order valence-corrected chi connectivity index (χ4v) is 4.79. The molecule has 0 aromatic heterocycles. The van der Waals surface area contributed by atoms with Crippen LogP contribution in [-0.4, -0.2) is 68.4 Å². The average Bonchev–Trinajstić information content (AvgIpc) is 2.92. The summed E-state index contributed by atoms with van der Waals surface area (Å²) in [4.78, 5) is 25.7. The van der Waals surface area contributed by atoms with Gasteiger partial charge in [0, 0.05) is 4.91 Å². The molecule has 10 nitrogen and oxygen atoms in total.